The van der Waals surface area contributed by atoms with Crippen LogP contribution >= 0.6 is 0 Å². The van der Waals surface area contributed by atoms with Gasteiger partial charge in [0.1, 0.15) is 0 Å². The van der Waals surface area contributed by atoms with Crippen LogP contribution in [0.4, 0.5) is 0 Å². The Kier molecular flexibility index (Phi) is 0.865. The number of pyridine rings is 1. The highest BCUT2D eigenvalue weighted by atomic mass is 14.9. The summed E-state index contributed by atoms with van der Waals surface area (Å²) < 4.78 is 0. The molecule has 0 bridgehead atoms. The van der Waals surface area contributed by atoms with Gasteiger partial charge in [0.15, 0.2) is 0 Å². The SMILES string of the molecule is c1c[13cH]n[13cH]c1. The molecule has 0 saturated heterocycles. The van der Waals surface area contributed by atoms with Gasteiger partial charge in [0.25, 0.3) is 0 Å². The van der Waals surface area contributed by atoms with Gasteiger partial charge in [-0.15, -0.1) is 0 Å². The summed E-state index contributed by atoms with van der Waals surface area (Å²) in [6.45, 7) is 0. The lowest BCUT2D eigenvalue weighted by atomic mass is 10.7. The summed E-state index contributed by atoms with van der Waals surface area (Å²) in [5, 5.41) is 0. The lowest BCUT2D eigenvalue weighted by molar-refractivity contribution is 1.33. The summed E-state index contributed by atoms with van der Waals surface area (Å²) in [6.07, 6.45) is 3.50. The quantitative estimate of drug-likeness (QED) is 0.455. The van der Waals surface area contributed by atoms with Crippen LogP contribution in [0.5, 0.6) is 0 Å². The first-order chi connectivity index (χ1) is 3.00. The van der Waals surface area contributed by atoms with Crippen LogP contribution in [0.15, 0.2) is 30.6 Å². The van der Waals surface area contributed by atoms with Gasteiger partial charge >= 0.3 is 0 Å². The zero-order chi connectivity index (χ0) is 4.24. The van der Waals surface area contributed by atoms with Crippen LogP contribution in [0.25, 0.3) is 0 Å². The minimum atomic E-state index is 1.75. The Hall–Kier alpha value is -0.850. The molecule has 0 aromatic carbocycles. The highest BCUT2D eigenvalue weighted by Crippen LogP contribution is 1.73. The predicted molar refractivity (Wildman–Crippen MR) is 24.2 cm³/mol. The normalized spacial score (nSPS) is 8.00. The van der Waals surface area contributed by atoms with Gasteiger partial charge in [-0.3, -0.25) is 4.98 Å². The molecule has 1 rings (SSSR count). The summed E-state index contributed by atoms with van der Waals surface area (Å²) in [5.74, 6) is 0. The van der Waals surface area contributed by atoms with E-state index in [4.69, 9.17) is 0 Å². The van der Waals surface area contributed by atoms with E-state index in [1.165, 1.54) is 0 Å². The smallest absolute Gasteiger partial charge is 0.0267 e. The molecule has 1 aromatic heterocycles. The molecule has 0 saturated carbocycles. The Balaban J connectivity index is 3.00. The van der Waals surface area contributed by atoms with Crippen LogP contribution in [0.1, 0.15) is 0 Å². The van der Waals surface area contributed by atoms with Gasteiger partial charge < -0.3 is 0 Å². The summed E-state index contributed by atoms with van der Waals surface area (Å²) >= 11 is 0. The summed E-state index contributed by atoms with van der Waals surface area (Å²) in [4.78, 5) is 3.78. The van der Waals surface area contributed by atoms with Crippen LogP contribution in [0.2, 0.25) is 0 Å². The van der Waals surface area contributed by atoms with E-state index in [0.29, 0.717) is 0 Å². The topological polar surface area (TPSA) is 12.9 Å². The molecule has 0 atom stereocenters. The van der Waals surface area contributed by atoms with Gasteiger partial charge in [0, 0.05) is 12.4 Å². The van der Waals surface area contributed by atoms with E-state index in [-0.39, 0.29) is 0 Å². The second kappa shape index (κ2) is 1.55. The average Bonchev–Trinajstić information content (AvgIpc) is 1.72. The van der Waals surface area contributed by atoms with E-state index in [2.05, 4.69) is 4.98 Å². The fourth-order valence-electron chi connectivity index (χ4n) is 0.313. The van der Waals surface area contributed by atoms with Gasteiger partial charge in [0.2, 0.25) is 0 Å². The highest BCUT2D eigenvalue weighted by Gasteiger charge is 1.58. The van der Waals surface area contributed by atoms with E-state index < -0.39 is 0 Å². The minimum Gasteiger partial charge on any atom is -0.265 e. The second-order valence-electron chi connectivity index (χ2n) is 1.02. The number of rotatable bonds is 0. The molecule has 0 aliphatic heterocycles. The molecule has 30 valence electrons. The fraction of sp³-hybridized carbons (Fsp3) is 0. The molecule has 1 nitrogen and oxygen atoms in total. The Labute approximate surface area is 36.7 Å². The third kappa shape index (κ3) is 0.549. The van der Waals surface area contributed by atoms with Crippen molar-refractivity contribution in [1.82, 2.24) is 4.98 Å². The van der Waals surface area contributed by atoms with Crippen LogP contribution in [0, 0.1) is 0 Å². The third-order valence-corrected chi connectivity index (χ3v) is 0.566. The molecule has 1 aromatic rings. The second-order valence-corrected chi connectivity index (χ2v) is 1.02. The van der Waals surface area contributed by atoms with Crippen molar-refractivity contribution >= 4 is 0 Å². The van der Waals surface area contributed by atoms with Gasteiger partial charge in [-0.05, 0) is 12.1 Å². The Morgan fingerprint density at radius 2 is 1.50 bits per heavy atom. The molecule has 0 fully saturated rings. The van der Waals surface area contributed by atoms with Crippen molar-refractivity contribution in [3.05, 3.63) is 30.6 Å². The summed E-state index contributed by atoms with van der Waals surface area (Å²) in [5.41, 5.74) is 0. The van der Waals surface area contributed by atoms with Crippen molar-refractivity contribution in [2.75, 3.05) is 0 Å². The maximum Gasteiger partial charge on any atom is 0.0267 e. The molecule has 0 radical (unpaired) electrons. The zero-order valence-corrected chi connectivity index (χ0v) is 3.33. The van der Waals surface area contributed by atoms with Crippen molar-refractivity contribution in [2.45, 2.75) is 0 Å². The van der Waals surface area contributed by atoms with Gasteiger partial charge in [0.05, 0.1) is 0 Å². The average molecular weight is 81.1 g/mol. The maximum atomic E-state index is 3.78. The van der Waals surface area contributed by atoms with Crippen molar-refractivity contribution in [3.8, 4) is 0 Å². The summed E-state index contributed by atoms with van der Waals surface area (Å²) in [6, 6.07) is 5.72. The van der Waals surface area contributed by atoms with Crippen molar-refractivity contribution in [2.24, 2.45) is 0 Å². The first-order valence-electron chi connectivity index (χ1n) is 1.85. The Bertz CT molecular complexity index is 75.9. The van der Waals surface area contributed by atoms with Gasteiger partial charge in [-0.1, -0.05) is 6.07 Å². The minimum absolute atomic E-state index is 1.75. The molecule has 0 spiro atoms. The molecular formula is C5H5N. The number of hydrogen-bond acceptors (Lipinski definition) is 1. The van der Waals surface area contributed by atoms with Crippen LogP contribution in [-0.4, -0.2) is 4.98 Å². The Morgan fingerprint density at radius 1 is 0.833 bits per heavy atom. The standard InChI is InChI=1S/C5H5N/c1-2-4-6-5-3-1/h1-5H/i4+1,5+1. The molecule has 0 amide bonds. The maximum absolute atomic E-state index is 3.78. The van der Waals surface area contributed by atoms with E-state index in [0.717, 1.165) is 0 Å². The lowest BCUT2D eigenvalue weighted by Crippen LogP contribution is -1.58. The highest BCUT2D eigenvalue weighted by molar-refractivity contribution is 4.88. The molecule has 1 heteroatoms. The van der Waals surface area contributed by atoms with Crippen molar-refractivity contribution in [1.29, 1.82) is 0 Å². The van der Waals surface area contributed by atoms with E-state index in [9.17, 15) is 0 Å². The first-order valence-corrected chi connectivity index (χ1v) is 1.85. The van der Waals surface area contributed by atoms with Crippen molar-refractivity contribution in [3.63, 3.8) is 0 Å². The number of hydrogen-bond donors (Lipinski definition) is 0. The van der Waals surface area contributed by atoms with Gasteiger partial charge in [-0.2, -0.15) is 0 Å². The molecular weight excluding hydrogens is 76.0 g/mol. The number of aromatic nitrogens is 1. The summed E-state index contributed by atoms with van der Waals surface area (Å²) in [7, 11) is 0. The molecule has 0 N–H and O–H groups in total. The molecule has 0 aliphatic carbocycles. The Morgan fingerprint density at radius 3 is 1.67 bits per heavy atom. The molecule has 6 heavy (non-hydrogen) atoms. The lowest BCUT2D eigenvalue weighted by Gasteiger charge is -1.70. The molecule has 0 unspecified atom stereocenters. The van der Waals surface area contributed by atoms with E-state index in [1.807, 2.05) is 18.2 Å². The largest absolute Gasteiger partial charge is 0.265 e. The first kappa shape index (κ1) is 3.34. The third-order valence-electron chi connectivity index (χ3n) is 0.566. The molecule has 0 aliphatic rings. The van der Waals surface area contributed by atoms with E-state index in [1.54, 1.807) is 12.4 Å². The van der Waals surface area contributed by atoms with Crippen LogP contribution in [-0.2, 0) is 0 Å². The predicted octanol–water partition coefficient (Wildman–Crippen LogP) is 1.08. The van der Waals surface area contributed by atoms with Crippen LogP contribution in [0.3, 0.4) is 0 Å². The fourth-order valence-corrected chi connectivity index (χ4v) is 0.313. The van der Waals surface area contributed by atoms with Crippen LogP contribution < -0.4 is 0 Å². The zero-order valence-electron chi connectivity index (χ0n) is 3.33. The van der Waals surface area contributed by atoms with Crippen molar-refractivity contribution < 1.29 is 0 Å². The number of nitrogens with zero attached hydrogens (tertiary/aromatic N) is 1. The van der Waals surface area contributed by atoms with E-state index >= 15 is 0 Å². The van der Waals surface area contributed by atoms with Gasteiger partial charge in [-0.25, -0.2) is 0 Å². The molecule has 1 heterocycles. The monoisotopic (exact) mass is 81.0 g/mol.